The van der Waals surface area contributed by atoms with Gasteiger partial charge in [-0.2, -0.15) is 0 Å². The van der Waals surface area contributed by atoms with Crippen LogP contribution in [0.5, 0.6) is 5.75 Å². The van der Waals surface area contributed by atoms with Crippen molar-refractivity contribution < 1.29 is 18.7 Å². The van der Waals surface area contributed by atoms with E-state index in [4.69, 9.17) is 4.74 Å². The number of halogens is 2. The Kier molecular flexibility index (Phi) is 8.44. The molecule has 33 heavy (non-hydrogen) atoms. The molecule has 0 bridgehead atoms. The smallest absolute Gasteiger partial charge is 0.261 e. The van der Waals surface area contributed by atoms with Crippen molar-refractivity contribution in [1.82, 2.24) is 10.2 Å². The molecule has 0 saturated carbocycles. The van der Waals surface area contributed by atoms with Crippen LogP contribution < -0.4 is 10.1 Å². The molecule has 3 aromatic carbocycles. The van der Waals surface area contributed by atoms with Crippen molar-refractivity contribution in [3.05, 3.63) is 76.5 Å². The lowest BCUT2D eigenvalue weighted by atomic mass is 10.1. The molecule has 2 amide bonds. The number of ether oxygens (including phenoxy) is 1. The molecule has 3 rings (SSSR count). The summed E-state index contributed by atoms with van der Waals surface area (Å²) in [6, 6.07) is 16.8. The molecule has 3 aromatic rings. The van der Waals surface area contributed by atoms with Gasteiger partial charge in [0.25, 0.3) is 5.91 Å². The fraction of sp³-hybridized carbons (Fsp3) is 0.308. The fourth-order valence-corrected chi connectivity index (χ4v) is 3.98. The number of hydrogen-bond acceptors (Lipinski definition) is 3. The molecule has 174 valence electrons. The molecule has 1 atom stereocenters. The van der Waals surface area contributed by atoms with Gasteiger partial charge in [0, 0.05) is 13.1 Å². The van der Waals surface area contributed by atoms with Gasteiger partial charge < -0.3 is 15.0 Å². The Hall–Kier alpha value is -2.93. The third kappa shape index (κ3) is 6.54. The highest BCUT2D eigenvalue weighted by atomic mass is 79.9. The van der Waals surface area contributed by atoms with Gasteiger partial charge in [-0.15, -0.1) is 0 Å². The number of amides is 2. The molecule has 7 heteroatoms. The predicted octanol–water partition coefficient (Wildman–Crippen LogP) is 5.31. The van der Waals surface area contributed by atoms with E-state index in [0.717, 1.165) is 20.8 Å². The van der Waals surface area contributed by atoms with Gasteiger partial charge in [0.2, 0.25) is 5.91 Å². The Balaban J connectivity index is 1.77. The molecule has 5 nitrogen and oxygen atoms in total. The lowest BCUT2D eigenvalue weighted by Crippen LogP contribution is -2.49. The lowest BCUT2D eigenvalue weighted by Gasteiger charge is -2.29. The number of rotatable bonds is 9. The first-order chi connectivity index (χ1) is 15.8. The molecular formula is C26H28BrFN2O3. The largest absolute Gasteiger partial charge is 0.483 e. The minimum Gasteiger partial charge on any atom is -0.483 e. The van der Waals surface area contributed by atoms with E-state index in [1.165, 1.54) is 17.0 Å². The van der Waals surface area contributed by atoms with E-state index in [1.807, 2.05) is 50.2 Å². The summed E-state index contributed by atoms with van der Waals surface area (Å²) in [4.78, 5) is 27.3. The number of carbonyl (C=O) groups excluding carboxylic acids is 2. The van der Waals surface area contributed by atoms with Crippen molar-refractivity contribution in [2.24, 2.45) is 5.92 Å². The Morgan fingerprint density at radius 1 is 1.03 bits per heavy atom. The Morgan fingerprint density at radius 2 is 1.73 bits per heavy atom. The number of carbonyl (C=O) groups is 2. The average molecular weight is 515 g/mol. The monoisotopic (exact) mass is 514 g/mol. The van der Waals surface area contributed by atoms with Crippen LogP contribution in [0.15, 0.2) is 65.1 Å². The minimum absolute atomic E-state index is 0.164. The number of nitrogens with zero attached hydrogens (tertiary/aromatic N) is 1. The Labute approximate surface area is 202 Å². The molecule has 0 spiro atoms. The van der Waals surface area contributed by atoms with Crippen LogP contribution in [0.25, 0.3) is 10.8 Å². The van der Waals surface area contributed by atoms with Crippen LogP contribution in [0.3, 0.4) is 0 Å². The van der Waals surface area contributed by atoms with Gasteiger partial charge in [-0.05, 0) is 63.3 Å². The van der Waals surface area contributed by atoms with Crippen molar-refractivity contribution in [1.29, 1.82) is 0 Å². The number of nitrogens with one attached hydrogen (secondary N) is 1. The molecule has 0 aliphatic rings. The highest BCUT2D eigenvalue weighted by molar-refractivity contribution is 9.10. The van der Waals surface area contributed by atoms with E-state index in [1.54, 1.807) is 19.1 Å². The third-order valence-corrected chi connectivity index (χ3v) is 6.11. The van der Waals surface area contributed by atoms with E-state index in [0.29, 0.717) is 12.3 Å². The highest BCUT2D eigenvalue weighted by Gasteiger charge is 2.26. The summed E-state index contributed by atoms with van der Waals surface area (Å²) in [5, 5.41) is 4.91. The maximum atomic E-state index is 13.3. The number of benzene rings is 3. The van der Waals surface area contributed by atoms with E-state index < -0.39 is 6.04 Å². The summed E-state index contributed by atoms with van der Waals surface area (Å²) in [6.45, 7) is 6.13. The number of fused-ring (bicyclic) bond motifs is 1. The second-order valence-electron chi connectivity index (χ2n) is 8.35. The molecule has 0 saturated heterocycles. The fourth-order valence-electron chi connectivity index (χ4n) is 3.37. The SMILES string of the molecule is CC(C)CNC(=O)C(C)N(Cc1ccc(F)cc1)C(=O)COc1ccc2ccccc2c1Br. The summed E-state index contributed by atoms with van der Waals surface area (Å²) in [7, 11) is 0. The van der Waals surface area contributed by atoms with E-state index in [-0.39, 0.29) is 36.7 Å². The summed E-state index contributed by atoms with van der Waals surface area (Å²) < 4.78 is 19.9. The van der Waals surface area contributed by atoms with Crippen LogP contribution in [-0.4, -0.2) is 35.9 Å². The van der Waals surface area contributed by atoms with Crippen LogP contribution in [0.4, 0.5) is 4.39 Å². The van der Waals surface area contributed by atoms with Crippen molar-refractivity contribution in [3.63, 3.8) is 0 Å². The molecular weight excluding hydrogens is 487 g/mol. The molecule has 0 fully saturated rings. The Bertz CT molecular complexity index is 1120. The molecule has 1 N–H and O–H groups in total. The third-order valence-electron chi connectivity index (χ3n) is 5.30. The van der Waals surface area contributed by atoms with Crippen LogP contribution in [0, 0.1) is 11.7 Å². The van der Waals surface area contributed by atoms with Gasteiger partial charge >= 0.3 is 0 Å². The van der Waals surface area contributed by atoms with Crippen LogP contribution >= 0.6 is 15.9 Å². The maximum absolute atomic E-state index is 13.3. The van der Waals surface area contributed by atoms with Gasteiger partial charge in [-0.1, -0.05) is 56.3 Å². The first kappa shape index (κ1) is 24.7. The zero-order valence-corrected chi connectivity index (χ0v) is 20.6. The average Bonchev–Trinajstić information content (AvgIpc) is 2.81. The van der Waals surface area contributed by atoms with Gasteiger partial charge in [-0.3, -0.25) is 9.59 Å². The van der Waals surface area contributed by atoms with Gasteiger partial charge in [0.1, 0.15) is 17.6 Å². The van der Waals surface area contributed by atoms with Gasteiger partial charge in [0.15, 0.2) is 6.61 Å². The maximum Gasteiger partial charge on any atom is 0.261 e. The van der Waals surface area contributed by atoms with Crippen molar-refractivity contribution in [3.8, 4) is 5.75 Å². The minimum atomic E-state index is -0.718. The molecule has 0 aromatic heterocycles. The topological polar surface area (TPSA) is 58.6 Å². The normalized spacial score (nSPS) is 11.9. The van der Waals surface area contributed by atoms with Crippen molar-refractivity contribution in [2.45, 2.75) is 33.4 Å². The van der Waals surface area contributed by atoms with Crippen LogP contribution in [0.1, 0.15) is 26.3 Å². The predicted molar refractivity (Wildman–Crippen MR) is 131 cm³/mol. The summed E-state index contributed by atoms with van der Waals surface area (Å²) >= 11 is 3.57. The Morgan fingerprint density at radius 3 is 2.42 bits per heavy atom. The molecule has 0 aliphatic heterocycles. The van der Waals surface area contributed by atoms with Crippen LogP contribution in [0.2, 0.25) is 0 Å². The molecule has 0 heterocycles. The van der Waals surface area contributed by atoms with E-state index in [2.05, 4.69) is 21.2 Å². The first-order valence-electron chi connectivity index (χ1n) is 10.9. The second kappa shape index (κ2) is 11.3. The zero-order chi connectivity index (χ0) is 24.0. The summed E-state index contributed by atoms with van der Waals surface area (Å²) in [6.07, 6.45) is 0. The lowest BCUT2D eigenvalue weighted by molar-refractivity contribution is -0.142. The molecule has 0 radical (unpaired) electrons. The van der Waals surface area contributed by atoms with Gasteiger partial charge in [0.05, 0.1) is 4.47 Å². The number of hydrogen-bond donors (Lipinski definition) is 1. The summed E-state index contributed by atoms with van der Waals surface area (Å²) in [5.74, 6) is -0.113. The van der Waals surface area contributed by atoms with Crippen LogP contribution in [-0.2, 0) is 16.1 Å². The zero-order valence-electron chi connectivity index (χ0n) is 19.0. The van der Waals surface area contributed by atoms with Crippen molar-refractivity contribution >= 4 is 38.5 Å². The quantitative estimate of drug-likeness (QED) is 0.420. The van der Waals surface area contributed by atoms with E-state index >= 15 is 0 Å². The molecule has 1 unspecified atom stereocenters. The highest BCUT2D eigenvalue weighted by Crippen LogP contribution is 2.33. The van der Waals surface area contributed by atoms with Gasteiger partial charge in [-0.25, -0.2) is 4.39 Å². The standard InChI is InChI=1S/C26H28BrFN2O3/c1-17(2)14-29-26(32)18(3)30(15-19-8-11-21(28)12-9-19)24(31)16-33-23-13-10-20-6-4-5-7-22(20)25(23)27/h4-13,17-18H,14-16H2,1-3H3,(H,29,32). The second-order valence-corrected chi connectivity index (χ2v) is 9.14. The van der Waals surface area contributed by atoms with Crippen molar-refractivity contribution in [2.75, 3.05) is 13.2 Å². The first-order valence-corrected chi connectivity index (χ1v) is 11.7. The molecule has 0 aliphatic carbocycles. The van der Waals surface area contributed by atoms with E-state index in [9.17, 15) is 14.0 Å². The summed E-state index contributed by atoms with van der Waals surface area (Å²) in [5.41, 5.74) is 0.722.